The van der Waals surface area contributed by atoms with Gasteiger partial charge in [-0.1, -0.05) is 29.2 Å². The lowest BCUT2D eigenvalue weighted by Gasteiger charge is -2.09. The van der Waals surface area contributed by atoms with Gasteiger partial charge in [-0.25, -0.2) is 0 Å². The van der Waals surface area contributed by atoms with Crippen LogP contribution >= 0.6 is 34.4 Å². The van der Waals surface area contributed by atoms with Crippen molar-refractivity contribution in [2.45, 2.75) is 29.6 Å². The molecule has 0 saturated carbocycles. The number of amides is 1. The summed E-state index contributed by atoms with van der Waals surface area (Å²) < 4.78 is 6.01. The van der Waals surface area contributed by atoms with E-state index in [1.54, 1.807) is 17.6 Å². The first-order valence-corrected chi connectivity index (χ1v) is 9.85. The van der Waals surface area contributed by atoms with Gasteiger partial charge in [0.1, 0.15) is 5.76 Å². The fourth-order valence-electron chi connectivity index (χ4n) is 1.84. The molecule has 0 aliphatic rings. The highest BCUT2D eigenvalue weighted by atomic mass is 32.2. The van der Waals surface area contributed by atoms with Gasteiger partial charge in [0.25, 0.3) is 0 Å². The Hall–Kier alpha value is -1.84. The molecule has 1 amide bonds. The van der Waals surface area contributed by atoms with Gasteiger partial charge in [-0.2, -0.15) is 0 Å². The number of thioether (sulfide) groups is 1. The molecule has 0 aliphatic heterocycles. The van der Waals surface area contributed by atoms with E-state index in [4.69, 9.17) is 4.42 Å². The van der Waals surface area contributed by atoms with Gasteiger partial charge in [-0.3, -0.25) is 4.79 Å². The van der Waals surface area contributed by atoms with E-state index in [1.807, 2.05) is 36.6 Å². The number of rotatable bonds is 8. The van der Waals surface area contributed by atoms with E-state index < -0.39 is 0 Å². The normalized spacial score (nSPS) is 12.0. The first-order valence-electron chi connectivity index (χ1n) is 7.27. The Morgan fingerprint density at radius 1 is 1.33 bits per heavy atom. The third-order valence-corrected chi connectivity index (χ3v) is 6.01. The van der Waals surface area contributed by atoms with Crippen LogP contribution in [0.1, 0.15) is 17.6 Å². The van der Waals surface area contributed by atoms with Crippen molar-refractivity contribution in [2.24, 2.45) is 0 Å². The number of hydrogen-bond donors (Lipinski definition) is 2. The fourth-order valence-corrected chi connectivity index (χ4v) is 4.40. The molecule has 2 N–H and O–H groups in total. The second kappa shape index (κ2) is 8.32. The van der Waals surface area contributed by atoms with Crippen molar-refractivity contribution >= 4 is 45.5 Å². The van der Waals surface area contributed by atoms with E-state index in [-0.39, 0.29) is 11.2 Å². The Morgan fingerprint density at radius 2 is 2.25 bits per heavy atom. The van der Waals surface area contributed by atoms with Gasteiger partial charge >= 0.3 is 0 Å². The number of carbonyl (C=O) groups excluding carboxylic acids is 1. The zero-order chi connectivity index (χ0) is 16.8. The van der Waals surface area contributed by atoms with Crippen LogP contribution in [0, 0.1) is 0 Å². The van der Waals surface area contributed by atoms with E-state index >= 15 is 0 Å². The van der Waals surface area contributed by atoms with Gasteiger partial charge in [0, 0.05) is 4.88 Å². The molecular formula is C15H16N4O2S3. The first-order chi connectivity index (χ1) is 11.7. The van der Waals surface area contributed by atoms with Crippen molar-refractivity contribution in [1.82, 2.24) is 15.5 Å². The van der Waals surface area contributed by atoms with Crippen LogP contribution in [0.5, 0.6) is 0 Å². The van der Waals surface area contributed by atoms with Gasteiger partial charge < -0.3 is 15.1 Å². The molecule has 0 fully saturated rings. The Balaban J connectivity index is 1.45. The Bertz CT molecular complexity index is 756. The molecule has 24 heavy (non-hydrogen) atoms. The molecule has 3 aromatic heterocycles. The predicted octanol–water partition coefficient (Wildman–Crippen LogP) is 3.60. The molecule has 6 nitrogen and oxygen atoms in total. The lowest BCUT2D eigenvalue weighted by atomic mass is 10.4. The lowest BCUT2D eigenvalue weighted by molar-refractivity contribution is -0.120. The smallest absolute Gasteiger partial charge is 0.233 e. The van der Waals surface area contributed by atoms with E-state index in [0.717, 1.165) is 15.0 Å². The minimum atomic E-state index is -0.226. The molecule has 0 radical (unpaired) electrons. The van der Waals surface area contributed by atoms with E-state index in [1.165, 1.54) is 23.1 Å². The van der Waals surface area contributed by atoms with E-state index in [2.05, 4.69) is 20.8 Å². The molecule has 1 atom stereocenters. The minimum Gasteiger partial charge on any atom is -0.467 e. The highest BCUT2D eigenvalue weighted by Gasteiger charge is 2.17. The van der Waals surface area contributed by atoms with Crippen LogP contribution in [0.4, 0.5) is 5.13 Å². The Kier molecular flexibility index (Phi) is 5.89. The maximum Gasteiger partial charge on any atom is 0.233 e. The van der Waals surface area contributed by atoms with Gasteiger partial charge in [-0.05, 0) is 30.5 Å². The van der Waals surface area contributed by atoms with Crippen molar-refractivity contribution in [3.05, 3.63) is 46.5 Å². The zero-order valence-electron chi connectivity index (χ0n) is 12.9. The first kappa shape index (κ1) is 17.0. The zero-order valence-corrected chi connectivity index (χ0v) is 15.3. The van der Waals surface area contributed by atoms with Gasteiger partial charge in [-0.15, -0.1) is 21.5 Å². The molecule has 3 aromatic rings. The SMILES string of the molecule is CC(Sc1nnc(NCc2ccco2)s1)C(=O)NCc1cccs1. The van der Waals surface area contributed by atoms with Gasteiger partial charge in [0.05, 0.1) is 24.6 Å². The molecular weight excluding hydrogens is 364 g/mol. The molecule has 0 aliphatic carbocycles. The van der Waals surface area contributed by atoms with Gasteiger partial charge in [0.15, 0.2) is 4.34 Å². The summed E-state index contributed by atoms with van der Waals surface area (Å²) in [5.41, 5.74) is 0. The number of carbonyl (C=O) groups is 1. The Labute approximate surface area is 151 Å². The number of nitrogens with zero attached hydrogens (tertiary/aromatic N) is 2. The highest BCUT2D eigenvalue weighted by Crippen LogP contribution is 2.29. The summed E-state index contributed by atoms with van der Waals surface area (Å²) >= 11 is 4.46. The van der Waals surface area contributed by atoms with Crippen molar-refractivity contribution in [3.63, 3.8) is 0 Å². The van der Waals surface area contributed by atoms with Crippen LogP contribution in [0.2, 0.25) is 0 Å². The highest BCUT2D eigenvalue weighted by molar-refractivity contribution is 8.02. The summed E-state index contributed by atoms with van der Waals surface area (Å²) in [6, 6.07) is 7.71. The molecule has 3 heterocycles. The molecule has 0 saturated heterocycles. The van der Waals surface area contributed by atoms with Crippen LogP contribution in [-0.2, 0) is 17.9 Å². The van der Waals surface area contributed by atoms with Crippen LogP contribution in [0.15, 0.2) is 44.7 Å². The molecule has 1 unspecified atom stereocenters. The van der Waals surface area contributed by atoms with Crippen LogP contribution in [0.3, 0.4) is 0 Å². The number of anilines is 1. The summed E-state index contributed by atoms with van der Waals surface area (Å²) in [7, 11) is 0. The third-order valence-electron chi connectivity index (χ3n) is 3.06. The number of thiophene rings is 1. The predicted molar refractivity (Wildman–Crippen MR) is 97.4 cm³/mol. The van der Waals surface area contributed by atoms with Crippen LogP contribution in [-0.4, -0.2) is 21.4 Å². The minimum absolute atomic E-state index is 0.00584. The standard InChI is InChI=1S/C15H16N4O2S3/c1-10(13(20)16-9-12-5-3-7-22-12)23-15-19-18-14(24-15)17-8-11-4-2-6-21-11/h2-7,10H,8-9H2,1H3,(H,16,20)(H,17,18). The summed E-state index contributed by atoms with van der Waals surface area (Å²) in [6.45, 7) is 2.99. The molecule has 0 spiro atoms. The summed E-state index contributed by atoms with van der Waals surface area (Å²) in [6.07, 6.45) is 1.63. The fraction of sp³-hybridized carbons (Fsp3) is 0.267. The van der Waals surface area contributed by atoms with Crippen molar-refractivity contribution < 1.29 is 9.21 Å². The maximum absolute atomic E-state index is 12.1. The average molecular weight is 381 g/mol. The topological polar surface area (TPSA) is 80.1 Å². The second-order valence-corrected chi connectivity index (χ2v) is 8.46. The van der Waals surface area contributed by atoms with Crippen molar-refractivity contribution in [3.8, 4) is 0 Å². The second-order valence-electron chi connectivity index (χ2n) is 4.86. The van der Waals surface area contributed by atoms with Crippen LogP contribution < -0.4 is 10.6 Å². The number of nitrogens with one attached hydrogen (secondary N) is 2. The largest absolute Gasteiger partial charge is 0.467 e. The Morgan fingerprint density at radius 3 is 3.00 bits per heavy atom. The average Bonchev–Trinajstić information content (AvgIpc) is 3.32. The summed E-state index contributed by atoms with van der Waals surface area (Å²) in [5.74, 6) is 0.828. The van der Waals surface area contributed by atoms with Gasteiger partial charge in [0.2, 0.25) is 11.0 Å². The maximum atomic E-state index is 12.1. The van der Waals surface area contributed by atoms with Crippen molar-refractivity contribution in [2.75, 3.05) is 5.32 Å². The molecule has 3 rings (SSSR count). The van der Waals surface area contributed by atoms with E-state index in [9.17, 15) is 4.79 Å². The molecule has 9 heteroatoms. The summed E-state index contributed by atoms with van der Waals surface area (Å²) in [5, 5.41) is 16.8. The number of furan rings is 1. The number of aromatic nitrogens is 2. The molecule has 0 aromatic carbocycles. The van der Waals surface area contributed by atoms with E-state index in [0.29, 0.717) is 18.2 Å². The lowest BCUT2D eigenvalue weighted by Crippen LogP contribution is -2.30. The molecule has 0 bridgehead atoms. The number of hydrogen-bond acceptors (Lipinski definition) is 8. The third kappa shape index (κ3) is 4.83. The van der Waals surface area contributed by atoms with Crippen molar-refractivity contribution in [1.29, 1.82) is 0 Å². The monoisotopic (exact) mass is 380 g/mol. The molecule has 126 valence electrons. The summed E-state index contributed by atoms with van der Waals surface area (Å²) in [4.78, 5) is 13.3. The van der Waals surface area contributed by atoms with Crippen LogP contribution in [0.25, 0.3) is 0 Å². The quantitative estimate of drug-likeness (QED) is 0.581.